The van der Waals surface area contributed by atoms with Crippen LogP contribution < -0.4 is 10.6 Å². The molecule has 3 atom stereocenters. The van der Waals surface area contributed by atoms with Gasteiger partial charge in [0.1, 0.15) is 6.10 Å². The zero-order chi connectivity index (χ0) is 21.0. The van der Waals surface area contributed by atoms with Gasteiger partial charge in [-0.05, 0) is 63.2 Å². The standard InChI is InChI=1S/C23H36N2O4/c1-15-9-17-11-23(2,22(28)29-3)12-18(10-15)20(17)25-21(27)19(26)14-24-13-16-7-5-4-6-8-16/h4-5,7,15,17-20,24,26H,6,8-14H2,1-3H3,(H,25,27). The highest BCUT2D eigenvalue weighted by molar-refractivity contribution is 5.81. The fourth-order valence-corrected chi connectivity index (χ4v) is 5.64. The van der Waals surface area contributed by atoms with E-state index in [0.29, 0.717) is 12.5 Å². The molecule has 3 rings (SSSR count). The van der Waals surface area contributed by atoms with Gasteiger partial charge in [0.2, 0.25) is 5.91 Å². The van der Waals surface area contributed by atoms with E-state index >= 15 is 0 Å². The highest BCUT2D eigenvalue weighted by atomic mass is 16.5. The summed E-state index contributed by atoms with van der Waals surface area (Å²) in [5.74, 6) is 0.605. The molecular formula is C23H36N2O4. The molecule has 3 aliphatic rings. The normalized spacial score (nSPS) is 34.8. The smallest absolute Gasteiger partial charge is 0.311 e. The van der Waals surface area contributed by atoms with Gasteiger partial charge in [-0.25, -0.2) is 0 Å². The van der Waals surface area contributed by atoms with Gasteiger partial charge in [-0.1, -0.05) is 30.7 Å². The Hall–Kier alpha value is -1.66. The Morgan fingerprint density at radius 1 is 1.31 bits per heavy atom. The fraction of sp³-hybridized carbons (Fsp3) is 0.739. The van der Waals surface area contributed by atoms with Crippen molar-refractivity contribution in [3.63, 3.8) is 0 Å². The number of hydrogen-bond acceptors (Lipinski definition) is 5. The average Bonchev–Trinajstić information content (AvgIpc) is 2.69. The highest BCUT2D eigenvalue weighted by Crippen LogP contribution is 2.50. The summed E-state index contributed by atoms with van der Waals surface area (Å²) >= 11 is 0. The number of ether oxygens (including phenoxy) is 1. The van der Waals surface area contributed by atoms with Gasteiger partial charge in [0.25, 0.3) is 0 Å². The van der Waals surface area contributed by atoms with Gasteiger partial charge in [-0.15, -0.1) is 0 Å². The van der Waals surface area contributed by atoms with Gasteiger partial charge in [-0.3, -0.25) is 9.59 Å². The zero-order valence-electron chi connectivity index (χ0n) is 17.9. The second kappa shape index (κ2) is 9.43. The monoisotopic (exact) mass is 404 g/mol. The SMILES string of the molecule is COC(=O)C1(C)CC2CC(C)CC(C1)C2NC(=O)C(O)CNCC1=CC=CCC1. The van der Waals surface area contributed by atoms with Crippen molar-refractivity contribution in [1.29, 1.82) is 0 Å². The number of carbonyl (C=O) groups excluding carboxylic acids is 2. The first kappa shape index (κ1) is 22.0. The predicted molar refractivity (Wildman–Crippen MR) is 112 cm³/mol. The molecule has 0 aliphatic heterocycles. The summed E-state index contributed by atoms with van der Waals surface area (Å²) in [4.78, 5) is 25.0. The second-order valence-corrected chi connectivity index (χ2v) is 9.53. The Kier molecular flexibility index (Phi) is 7.17. The number of nitrogens with one attached hydrogen (secondary N) is 2. The molecule has 0 saturated heterocycles. The van der Waals surface area contributed by atoms with Crippen molar-refractivity contribution in [2.75, 3.05) is 20.2 Å². The van der Waals surface area contributed by atoms with Crippen molar-refractivity contribution in [1.82, 2.24) is 10.6 Å². The van der Waals surface area contributed by atoms with E-state index in [-0.39, 0.29) is 36.3 Å². The van der Waals surface area contributed by atoms with Gasteiger partial charge >= 0.3 is 5.97 Å². The molecule has 0 aromatic rings. The van der Waals surface area contributed by atoms with Gasteiger partial charge in [-0.2, -0.15) is 0 Å². The topological polar surface area (TPSA) is 87.7 Å². The lowest BCUT2D eigenvalue weighted by molar-refractivity contribution is -0.158. The van der Waals surface area contributed by atoms with Crippen LogP contribution in [0, 0.1) is 23.2 Å². The van der Waals surface area contributed by atoms with E-state index in [2.05, 4.69) is 35.8 Å². The third kappa shape index (κ3) is 5.28. The molecule has 1 amide bonds. The molecule has 0 heterocycles. The van der Waals surface area contributed by atoms with Gasteiger partial charge in [0, 0.05) is 19.1 Å². The van der Waals surface area contributed by atoms with Crippen molar-refractivity contribution in [2.24, 2.45) is 23.2 Å². The molecule has 3 unspecified atom stereocenters. The largest absolute Gasteiger partial charge is 0.469 e. The second-order valence-electron chi connectivity index (χ2n) is 9.53. The number of aliphatic hydroxyl groups is 1. The molecular weight excluding hydrogens is 368 g/mol. The molecule has 0 radical (unpaired) electrons. The fourth-order valence-electron chi connectivity index (χ4n) is 5.64. The van der Waals surface area contributed by atoms with E-state index < -0.39 is 11.5 Å². The van der Waals surface area contributed by atoms with Crippen molar-refractivity contribution >= 4 is 11.9 Å². The Morgan fingerprint density at radius 2 is 2.00 bits per heavy atom. The lowest BCUT2D eigenvalue weighted by atomic mass is 9.57. The Balaban J connectivity index is 1.54. The number of esters is 1. The van der Waals surface area contributed by atoms with Crippen LogP contribution in [0.4, 0.5) is 0 Å². The molecule has 162 valence electrons. The molecule has 2 fully saturated rings. The summed E-state index contributed by atoms with van der Waals surface area (Å²) in [6.45, 7) is 5.16. The minimum absolute atomic E-state index is 0.0253. The van der Waals surface area contributed by atoms with E-state index in [4.69, 9.17) is 4.74 Å². The zero-order valence-corrected chi connectivity index (χ0v) is 17.9. The molecule has 29 heavy (non-hydrogen) atoms. The Bertz CT molecular complexity index is 656. The van der Waals surface area contributed by atoms with Crippen LogP contribution in [0.25, 0.3) is 0 Å². The first-order valence-corrected chi connectivity index (χ1v) is 10.9. The van der Waals surface area contributed by atoms with Crippen LogP contribution in [0.3, 0.4) is 0 Å². The first-order valence-electron chi connectivity index (χ1n) is 10.9. The first-order chi connectivity index (χ1) is 13.8. The summed E-state index contributed by atoms with van der Waals surface area (Å²) in [6.07, 6.45) is 10.7. The number of aliphatic hydroxyl groups excluding tert-OH is 1. The van der Waals surface area contributed by atoms with Crippen LogP contribution in [0.15, 0.2) is 23.8 Å². The lowest BCUT2D eigenvalue weighted by Gasteiger charge is -2.51. The number of amides is 1. The van der Waals surface area contributed by atoms with Gasteiger partial charge in [0.05, 0.1) is 12.5 Å². The molecule has 3 N–H and O–H groups in total. The van der Waals surface area contributed by atoms with Crippen LogP contribution in [-0.4, -0.2) is 49.3 Å². The minimum atomic E-state index is -1.07. The summed E-state index contributed by atoms with van der Waals surface area (Å²) in [5, 5.41) is 16.6. The van der Waals surface area contributed by atoms with E-state index in [1.54, 1.807) is 0 Å². The highest BCUT2D eigenvalue weighted by Gasteiger charge is 2.51. The summed E-state index contributed by atoms with van der Waals surface area (Å²) in [6, 6.07) is 0.0253. The number of allylic oxidation sites excluding steroid dienone is 3. The van der Waals surface area contributed by atoms with E-state index in [0.717, 1.165) is 38.5 Å². The maximum Gasteiger partial charge on any atom is 0.311 e. The van der Waals surface area contributed by atoms with Gasteiger partial charge in [0.15, 0.2) is 0 Å². The number of carbonyl (C=O) groups is 2. The van der Waals surface area contributed by atoms with E-state index in [1.807, 2.05) is 6.92 Å². The maximum atomic E-state index is 12.6. The molecule has 0 aromatic carbocycles. The van der Waals surface area contributed by atoms with Crippen molar-refractivity contribution in [3.8, 4) is 0 Å². The number of methoxy groups -OCH3 is 1. The molecule has 2 saturated carbocycles. The maximum absolute atomic E-state index is 12.6. The van der Waals surface area contributed by atoms with Gasteiger partial charge < -0.3 is 20.5 Å². The van der Waals surface area contributed by atoms with Crippen LogP contribution in [0.1, 0.15) is 52.4 Å². The quantitative estimate of drug-likeness (QED) is 0.567. The summed E-state index contributed by atoms with van der Waals surface area (Å²) in [5.41, 5.74) is 0.811. The molecule has 0 spiro atoms. The van der Waals surface area contributed by atoms with Crippen LogP contribution in [0.2, 0.25) is 0 Å². The number of rotatable bonds is 7. The van der Waals surface area contributed by atoms with Crippen LogP contribution >= 0.6 is 0 Å². The summed E-state index contributed by atoms with van der Waals surface area (Å²) in [7, 11) is 1.45. The Labute approximate surface area is 174 Å². The lowest BCUT2D eigenvalue weighted by Crippen LogP contribution is -2.58. The third-order valence-corrected chi connectivity index (χ3v) is 6.93. The average molecular weight is 405 g/mol. The molecule has 0 aromatic heterocycles. The molecule has 6 nitrogen and oxygen atoms in total. The van der Waals surface area contributed by atoms with Crippen LogP contribution in [-0.2, 0) is 14.3 Å². The number of fused-ring (bicyclic) bond motifs is 2. The molecule has 6 heteroatoms. The van der Waals surface area contributed by atoms with E-state index in [9.17, 15) is 14.7 Å². The van der Waals surface area contributed by atoms with E-state index in [1.165, 1.54) is 12.7 Å². The minimum Gasteiger partial charge on any atom is -0.469 e. The van der Waals surface area contributed by atoms with Crippen molar-refractivity contribution < 1.29 is 19.4 Å². The van der Waals surface area contributed by atoms with Crippen molar-refractivity contribution in [3.05, 3.63) is 23.8 Å². The molecule has 2 bridgehead atoms. The molecule has 3 aliphatic carbocycles. The Morgan fingerprint density at radius 3 is 2.59 bits per heavy atom. The van der Waals surface area contributed by atoms with Crippen LogP contribution in [0.5, 0.6) is 0 Å². The predicted octanol–water partition coefficient (Wildman–Crippen LogP) is 2.33. The summed E-state index contributed by atoms with van der Waals surface area (Å²) < 4.78 is 5.05. The third-order valence-electron chi connectivity index (χ3n) is 6.93. The number of hydrogen-bond donors (Lipinski definition) is 3. The van der Waals surface area contributed by atoms with Crippen molar-refractivity contribution in [2.45, 2.75) is 64.5 Å².